The Balaban J connectivity index is 1.98. The highest BCUT2D eigenvalue weighted by Gasteiger charge is 2.18. The molecule has 3 aromatic heterocycles. The van der Waals surface area contributed by atoms with Gasteiger partial charge in [0.25, 0.3) is 5.91 Å². The summed E-state index contributed by atoms with van der Waals surface area (Å²) in [6.45, 7) is 11.3. The van der Waals surface area contributed by atoms with E-state index in [9.17, 15) is 10.1 Å². The zero-order valence-corrected chi connectivity index (χ0v) is 19.4. The number of hydrogen-bond donors (Lipinski definition) is 0. The Kier molecular flexibility index (Phi) is 5.18. The molecular formula is C28H24N4O2. The molecule has 0 aliphatic carbocycles. The number of carbonyl (C=O) groups excluding carboxylic acids is 1. The molecule has 0 unspecified atom stereocenters. The lowest BCUT2D eigenvalue weighted by Crippen LogP contribution is -2.21. The minimum Gasteiger partial charge on any atom is -0.454 e. The van der Waals surface area contributed by atoms with E-state index in [0.29, 0.717) is 16.7 Å². The monoisotopic (exact) mass is 448 g/mol. The highest BCUT2D eigenvalue weighted by Crippen LogP contribution is 2.32. The topological polar surface area (TPSA) is 74.0 Å². The zero-order chi connectivity index (χ0) is 24.0. The van der Waals surface area contributed by atoms with Crippen LogP contribution in [0.15, 0.2) is 76.2 Å². The van der Waals surface area contributed by atoms with Gasteiger partial charge in [-0.05, 0) is 51.1 Å². The molecule has 2 aromatic carbocycles. The van der Waals surface area contributed by atoms with Gasteiger partial charge in [0.15, 0.2) is 11.1 Å². The number of anilines is 1. The first-order chi connectivity index (χ1) is 16.5. The Morgan fingerprint density at radius 3 is 2.56 bits per heavy atom. The van der Waals surface area contributed by atoms with Gasteiger partial charge < -0.3 is 9.32 Å². The average molecular weight is 449 g/mol. The van der Waals surface area contributed by atoms with Gasteiger partial charge in [-0.3, -0.25) is 9.20 Å². The van der Waals surface area contributed by atoms with Crippen LogP contribution in [-0.4, -0.2) is 23.4 Å². The van der Waals surface area contributed by atoms with Gasteiger partial charge in [-0.2, -0.15) is 10.3 Å². The van der Waals surface area contributed by atoms with E-state index in [2.05, 4.69) is 42.5 Å². The van der Waals surface area contributed by atoms with Crippen molar-refractivity contribution in [1.82, 2.24) is 4.40 Å². The Morgan fingerprint density at radius 2 is 1.85 bits per heavy atom. The summed E-state index contributed by atoms with van der Waals surface area (Å²) < 4.78 is 8.24. The van der Waals surface area contributed by atoms with Crippen molar-refractivity contribution in [2.45, 2.75) is 20.8 Å². The van der Waals surface area contributed by atoms with Gasteiger partial charge in [0.1, 0.15) is 17.2 Å². The number of benzene rings is 2. The maximum Gasteiger partial charge on any atom is 0.274 e. The molecule has 0 atom stereocenters. The zero-order valence-electron chi connectivity index (χ0n) is 19.4. The summed E-state index contributed by atoms with van der Waals surface area (Å²) in [4.78, 5) is 19.1. The normalized spacial score (nSPS) is 12.0. The molecule has 168 valence electrons. The van der Waals surface area contributed by atoms with Gasteiger partial charge >= 0.3 is 0 Å². The van der Waals surface area contributed by atoms with E-state index in [0.717, 1.165) is 46.0 Å². The van der Waals surface area contributed by atoms with Gasteiger partial charge in [0, 0.05) is 46.6 Å². The summed E-state index contributed by atoms with van der Waals surface area (Å²) in [6.07, 6.45) is 0. The largest absolute Gasteiger partial charge is 0.454 e. The molecule has 6 heteroatoms. The first-order valence-corrected chi connectivity index (χ1v) is 11.3. The molecule has 0 saturated heterocycles. The fourth-order valence-electron chi connectivity index (χ4n) is 4.47. The maximum atomic E-state index is 12.6. The van der Waals surface area contributed by atoms with E-state index in [-0.39, 0.29) is 11.1 Å². The molecule has 3 heterocycles. The molecule has 6 nitrogen and oxygen atoms in total. The standard InChI is InChI=1S/C28H24N4O2/c1-5-31(6-2)20-12-11-19-13-21-24-14-18-9-7-8-10-23(18)32(24)27(30-28(33)17(3)4)22(16-29)26(21)34-25(19)15-20/h7-15H,3,5-6H2,1-2,4H3. The van der Waals surface area contributed by atoms with Crippen LogP contribution < -0.4 is 10.4 Å². The molecule has 0 radical (unpaired) electrons. The second-order valence-electron chi connectivity index (χ2n) is 8.32. The number of para-hydroxylation sites is 1. The van der Waals surface area contributed by atoms with Crippen LogP contribution in [0.5, 0.6) is 0 Å². The second-order valence-corrected chi connectivity index (χ2v) is 8.32. The van der Waals surface area contributed by atoms with Crippen molar-refractivity contribution in [3.05, 3.63) is 77.8 Å². The van der Waals surface area contributed by atoms with Gasteiger partial charge in [-0.1, -0.05) is 24.8 Å². The Hall–Kier alpha value is -4.37. The molecule has 5 rings (SSSR count). The van der Waals surface area contributed by atoms with Crippen LogP contribution in [0.4, 0.5) is 5.69 Å². The minimum absolute atomic E-state index is 0.216. The predicted octanol–water partition coefficient (Wildman–Crippen LogP) is 5.71. The SMILES string of the molecule is C=C(C)C(=O)N=c1c(C#N)c2oc3cc(N(CC)CC)ccc3cc2c2cc3ccccc3n12. The molecule has 0 saturated carbocycles. The third-order valence-electron chi connectivity index (χ3n) is 6.22. The van der Waals surface area contributed by atoms with Gasteiger partial charge in [0.2, 0.25) is 0 Å². The van der Waals surface area contributed by atoms with E-state index < -0.39 is 5.91 Å². The molecule has 1 amide bonds. The first-order valence-electron chi connectivity index (χ1n) is 11.3. The lowest BCUT2D eigenvalue weighted by molar-refractivity contribution is -0.114. The Morgan fingerprint density at radius 1 is 1.09 bits per heavy atom. The number of fused-ring (bicyclic) bond motifs is 6. The molecular weight excluding hydrogens is 424 g/mol. The first kappa shape index (κ1) is 21.5. The van der Waals surface area contributed by atoms with Crippen LogP contribution in [0.1, 0.15) is 26.3 Å². The number of rotatable bonds is 4. The predicted molar refractivity (Wildman–Crippen MR) is 136 cm³/mol. The van der Waals surface area contributed by atoms with Crippen molar-refractivity contribution in [3.8, 4) is 6.07 Å². The number of nitriles is 1. The maximum absolute atomic E-state index is 12.6. The Labute approximate surface area is 196 Å². The van der Waals surface area contributed by atoms with Crippen molar-refractivity contribution < 1.29 is 9.21 Å². The number of aromatic nitrogens is 1. The van der Waals surface area contributed by atoms with Crippen molar-refractivity contribution in [1.29, 1.82) is 5.26 Å². The highest BCUT2D eigenvalue weighted by molar-refractivity contribution is 6.06. The average Bonchev–Trinajstić information content (AvgIpc) is 3.23. The van der Waals surface area contributed by atoms with Crippen LogP contribution in [-0.2, 0) is 4.79 Å². The van der Waals surface area contributed by atoms with E-state index in [1.165, 1.54) is 0 Å². The van der Waals surface area contributed by atoms with E-state index in [1.54, 1.807) is 6.92 Å². The summed E-state index contributed by atoms with van der Waals surface area (Å²) in [7, 11) is 0. The molecule has 5 aromatic rings. The molecule has 0 N–H and O–H groups in total. The lowest BCUT2D eigenvalue weighted by Gasteiger charge is -2.21. The van der Waals surface area contributed by atoms with Crippen LogP contribution in [0.25, 0.3) is 38.4 Å². The molecule has 0 bridgehead atoms. The number of carbonyl (C=O) groups is 1. The van der Waals surface area contributed by atoms with Crippen LogP contribution in [0, 0.1) is 11.3 Å². The third kappa shape index (κ3) is 3.25. The quantitative estimate of drug-likeness (QED) is 0.261. The van der Waals surface area contributed by atoms with E-state index in [1.807, 2.05) is 52.9 Å². The molecule has 34 heavy (non-hydrogen) atoms. The summed E-state index contributed by atoms with van der Waals surface area (Å²) in [5.41, 5.74) is 4.59. The van der Waals surface area contributed by atoms with Crippen molar-refractivity contribution in [2.24, 2.45) is 4.99 Å². The van der Waals surface area contributed by atoms with Crippen LogP contribution >= 0.6 is 0 Å². The van der Waals surface area contributed by atoms with Gasteiger partial charge in [-0.15, -0.1) is 0 Å². The second kappa shape index (κ2) is 8.20. The van der Waals surface area contributed by atoms with Crippen molar-refractivity contribution in [2.75, 3.05) is 18.0 Å². The van der Waals surface area contributed by atoms with E-state index in [4.69, 9.17) is 4.42 Å². The van der Waals surface area contributed by atoms with Crippen LogP contribution in [0.2, 0.25) is 0 Å². The van der Waals surface area contributed by atoms with Crippen molar-refractivity contribution >= 4 is 50.0 Å². The summed E-state index contributed by atoms with van der Waals surface area (Å²) in [5.74, 6) is -0.473. The lowest BCUT2D eigenvalue weighted by atomic mass is 10.1. The van der Waals surface area contributed by atoms with Gasteiger partial charge in [0.05, 0.1) is 11.0 Å². The number of amides is 1. The number of nitrogens with zero attached hydrogens (tertiary/aromatic N) is 4. The summed E-state index contributed by atoms with van der Waals surface area (Å²) >= 11 is 0. The molecule has 0 aliphatic heterocycles. The summed E-state index contributed by atoms with van der Waals surface area (Å²) in [6, 6.07) is 20.3. The summed E-state index contributed by atoms with van der Waals surface area (Å²) in [5, 5.41) is 12.9. The Bertz CT molecular complexity index is 1740. The highest BCUT2D eigenvalue weighted by atomic mass is 16.3. The smallest absolute Gasteiger partial charge is 0.274 e. The fourth-order valence-corrected chi connectivity index (χ4v) is 4.47. The fraction of sp³-hybridized carbons (Fsp3) is 0.179. The minimum atomic E-state index is -0.473. The van der Waals surface area contributed by atoms with Crippen molar-refractivity contribution in [3.63, 3.8) is 0 Å². The van der Waals surface area contributed by atoms with Crippen LogP contribution in [0.3, 0.4) is 0 Å². The molecule has 0 fully saturated rings. The molecule has 0 spiro atoms. The number of pyridine rings is 1. The number of hydrogen-bond acceptors (Lipinski definition) is 4. The third-order valence-corrected chi connectivity index (χ3v) is 6.22. The molecule has 0 aliphatic rings. The van der Waals surface area contributed by atoms with E-state index >= 15 is 0 Å². The van der Waals surface area contributed by atoms with Gasteiger partial charge in [-0.25, -0.2) is 0 Å².